The van der Waals surface area contributed by atoms with Crippen molar-refractivity contribution in [3.05, 3.63) is 59.4 Å². The van der Waals surface area contributed by atoms with Gasteiger partial charge in [0.1, 0.15) is 19.0 Å². The number of carbonyl (C=O) groups is 2. The first-order chi connectivity index (χ1) is 16.0. The first kappa shape index (κ1) is 22.8. The zero-order valence-corrected chi connectivity index (χ0v) is 19.0. The molecular weight excluding hydrogens is 422 g/mol. The number of ether oxygens (including phenoxy) is 2. The topological polar surface area (TPSA) is 92.2 Å². The number of hydrogen-bond acceptors (Lipinski definition) is 7. The number of hydrogen-bond donors (Lipinski definition) is 1. The number of benzene rings is 1. The highest BCUT2D eigenvalue weighted by atomic mass is 16.6. The Balaban J connectivity index is 1.71. The van der Waals surface area contributed by atoms with Gasteiger partial charge in [-0.15, -0.1) is 0 Å². The number of ketones is 1. The molecule has 4 rings (SSSR count). The maximum atomic E-state index is 13.1. The minimum Gasteiger partial charge on any atom is -0.507 e. The number of likely N-dealkylation sites (tertiary alicyclic amines) is 1. The Bertz CT molecular complexity index is 1050. The highest BCUT2D eigenvalue weighted by Crippen LogP contribution is 2.41. The van der Waals surface area contributed by atoms with Gasteiger partial charge in [-0.05, 0) is 62.0 Å². The Labute approximate surface area is 193 Å². The molecule has 1 amide bonds. The molecule has 1 unspecified atom stereocenters. The van der Waals surface area contributed by atoms with Gasteiger partial charge in [-0.3, -0.25) is 14.6 Å². The lowest BCUT2D eigenvalue weighted by atomic mass is 9.95. The minimum atomic E-state index is -0.688. The number of aliphatic hydroxyl groups excluding tert-OH is 1. The molecule has 0 spiro atoms. The summed E-state index contributed by atoms with van der Waals surface area (Å²) < 4.78 is 11.2. The van der Waals surface area contributed by atoms with Crippen molar-refractivity contribution in [1.82, 2.24) is 14.8 Å². The Morgan fingerprint density at radius 1 is 1.09 bits per heavy atom. The minimum absolute atomic E-state index is 0.0747. The van der Waals surface area contributed by atoms with Crippen LogP contribution in [0.15, 0.2) is 48.3 Å². The predicted molar refractivity (Wildman–Crippen MR) is 123 cm³/mol. The van der Waals surface area contributed by atoms with Crippen LogP contribution < -0.4 is 9.47 Å². The molecule has 174 valence electrons. The smallest absolute Gasteiger partial charge is 0.295 e. The largest absolute Gasteiger partial charge is 0.507 e. The van der Waals surface area contributed by atoms with Gasteiger partial charge in [0.05, 0.1) is 11.6 Å². The molecule has 2 aliphatic rings. The third-order valence-electron chi connectivity index (χ3n) is 6.15. The molecule has 0 saturated carbocycles. The molecule has 1 aromatic heterocycles. The second kappa shape index (κ2) is 10.0. The van der Waals surface area contributed by atoms with Crippen molar-refractivity contribution in [3.8, 4) is 11.5 Å². The Morgan fingerprint density at radius 3 is 2.48 bits per heavy atom. The summed E-state index contributed by atoms with van der Waals surface area (Å²) in [6.45, 7) is 8.14. The average Bonchev–Trinajstić information content (AvgIpc) is 3.11. The normalized spacial score (nSPS) is 19.4. The van der Waals surface area contributed by atoms with Crippen LogP contribution in [0.1, 0.15) is 37.4 Å². The molecule has 0 aliphatic carbocycles. The molecule has 3 heterocycles. The standard InChI is InChI=1S/C25H29N3O5/c1-3-27(4-2)12-5-13-28-22(17-8-10-26-11-9-17)21(24(30)25(28)31)23(29)18-6-7-19-20(16-18)33-15-14-32-19/h6-11,16,22,29H,3-5,12-15H2,1-2H3/b23-21+. The van der Waals surface area contributed by atoms with Gasteiger partial charge in [0.2, 0.25) is 0 Å². The number of fused-ring (bicyclic) bond motifs is 1. The van der Waals surface area contributed by atoms with Crippen LogP contribution >= 0.6 is 0 Å². The molecule has 8 nitrogen and oxygen atoms in total. The maximum absolute atomic E-state index is 13.1. The summed E-state index contributed by atoms with van der Waals surface area (Å²) in [7, 11) is 0. The Hall–Kier alpha value is -3.39. The van der Waals surface area contributed by atoms with Crippen LogP contribution in [0.3, 0.4) is 0 Å². The van der Waals surface area contributed by atoms with E-state index in [-0.39, 0.29) is 11.3 Å². The number of pyridine rings is 1. The van der Waals surface area contributed by atoms with Crippen molar-refractivity contribution in [3.63, 3.8) is 0 Å². The molecule has 8 heteroatoms. The summed E-state index contributed by atoms with van der Waals surface area (Å²) in [5.74, 6) is -0.430. The van der Waals surface area contributed by atoms with Crippen LogP contribution in [-0.4, -0.2) is 71.0 Å². The lowest BCUT2D eigenvalue weighted by molar-refractivity contribution is -0.140. The SMILES string of the molecule is CCN(CC)CCCN1C(=O)C(=O)/C(=C(/O)c2ccc3c(c2)OCCO3)C1c1ccncc1. The summed E-state index contributed by atoms with van der Waals surface area (Å²) in [6.07, 6.45) is 3.96. The molecule has 2 aromatic rings. The third-order valence-corrected chi connectivity index (χ3v) is 6.15. The van der Waals surface area contributed by atoms with Crippen LogP contribution in [0.4, 0.5) is 0 Å². The van der Waals surface area contributed by atoms with E-state index in [0.29, 0.717) is 36.8 Å². The lowest BCUT2D eigenvalue weighted by Crippen LogP contribution is -2.33. The second-order valence-corrected chi connectivity index (χ2v) is 8.01. The fourth-order valence-electron chi connectivity index (χ4n) is 4.35. The van der Waals surface area contributed by atoms with Crippen molar-refractivity contribution < 1.29 is 24.2 Å². The van der Waals surface area contributed by atoms with E-state index >= 15 is 0 Å². The summed E-state index contributed by atoms with van der Waals surface area (Å²) in [6, 6.07) is 7.86. The molecule has 0 radical (unpaired) electrons. The number of rotatable bonds is 8. The number of amides is 1. The fourth-order valence-corrected chi connectivity index (χ4v) is 4.35. The van der Waals surface area contributed by atoms with Crippen LogP contribution in [0, 0.1) is 0 Å². The molecular formula is C25H29N3O5. The molecule has 33 heavy (non-hydrogen) atoms. The van der Waals surface area contributed by atoms with Crippen molar-refractivity contribution in [1.29, 1.82) is 0 Å². The van der Waals surface area contributed by atoms with Gasteiger partial charge in [0.25, 0.3) is 11.7 Å². The van der Waals surface area contributed by atoms with Gasteiger partial charge < -0.3 is 24.4 Å². The van der Waals surface area contributed by atoms with Gasteiger partial charge >= 0.3 is 0 Å². The molecule has 1 fully saturated rings. The Kier molecular flexibility index (Phi) is 6.93. The van der Waals surface area contributed by atoms with E-state index in [4.69, 9.17) is 9.47 Å². The van der Waals surface area contributed by atoms with E-state index in [2.05, 4.69) is 23.7 Å². The molecule has 1 saturated heterocycles. The number of carbonyl (C=O) groups excluding carboxylic acids is 2. The van der Waals surface area contributed by atoms with Crippen molar-refractivity contribution >= 4 is 17.4 Å². The van der Waals surface area contributed by atoms with Gasteiger partial charge in [0, 0.05) is 24.5 Å². The van der Waals surface area contributed by atoms with E-state index < -0.39 is 17.7 Å². The third kappa shape index (κ3) is 4.57. The van der Waals surface area contributed by atoms with Gasteiger partial charge in [-0.2, -0.15) is 0 Å². The van der Waals surface area contributed by atoms with Gasteiger partial charge in [-0.1, -0.05) is 13.8 Å². The van der Waals surface area contributed by atoms with Crippen molar-refractivity contribution in [2.45, 2.75) is 26.3 Å². The zero-order valence-electron chi connectivity index (χ0n) is 19.0. The van der Waals surface area contributed by atoms with E-state index in [0.717, 1.165) is 31.6 Å². The molecule has 1 aromatic carbocycles. The number of aliphatic hydroxyl groups is 1. The van der Waals surface area contributed by atoms with Gasteiger partial charge in [0.15, 0.2) is 11.5 Å². The molecule has 1 N–H and O–H groups in total. The number of nitrogens with zero attached hydrogens (tertiary/aromatic N) is 3. The van der Waals surface area contributed by atoms with E-state index in [1.54, 1.807) is 47.6 Å². The summed E-state index contributed by atoms with van der Waals surface area (Å²) >= 11 is 0. The van der Waals surface area contributed by atoms with Crippen LogP contribution in [0.2, 0.25) is 0 Å². The molecule has 0 bridgehead atoms. The maximum Gasteiger partial charge on any atom is 0.295 e. The molecule has 2 aliphatic heterocycles. The van der Waals surface area contributed by atoms with E-state index in [9.17, 15) is 14.7 Å². The number of Topliss-reactive ketones (excluding diaryl/α,β-unsaturated/α-hetero) is 1. The first-order valence-electron chi connectivity index (χ1n) is 11.4. The van der Waals surface area contributed by atoms with Gasteiger partial charge in [-0.25, -0.2) is 0 Å². The lowest BCUT2D eigenvalue weighted by Gasteiger charge is -2.26. The van der Waals surface area contributed by atoms with Crippen LogP contribution in [0.25, 0.3) is 5.76 Å². The average molecular weight is 452 g/mol. The van der Waals surface area contributed by atoms with Crippen molar-refractivity contribution in [2.75, 3.05) is 39.4 Å². The summed E-state index contributed by atoms with van der Waals surface area (Å²) in [5, 5.41) is 11.2. The predicted octanol–water partition coefficient (Wildman–Crippen LogP) is 3.01. The highest BCUT2D eigenvalue weighted by molar-refractivity contribution is 6.46. The van der Waals surface area contributed by atoms with E-state index in [1.165, 1.54) is 0 Å². The zero-order chi connectivity index (χ0) is 23.4. The molecule has 1 atom stereocenters. The quantitative estimate of drug-likeness (QED) is 0.375. The second-order valence-electron chi connectivity index (χ2n) is 8.01. The van der Waals surface area contributed by atoms with Crippen LogP contribution in [0.5, 0.6) is 11.5 Å². The summed E-state index contributed by atoms with van der Waals surface area (Å²) in [5.41, 5.74) is 1.20. The highest BCUT2D eigenvalue weighted by Gasteiger charge is 2.45. The monoisotopic (exact) mass is 451 g/mol. The summed E-state index contributed by atoms with van der Waals surface area (Å²) in [4.78, 5) is 34.1. The van der Waals surface area contributed by atoms with Crippen LogP contribution in [-0.2, 0) is 9.59 Å². The Morgan fingerprint density at radius 2 is 1.79 bits per heavy atom. The first-order valence-corrected chi connectivity index (χ1v) is 11.4. The number of aromatic nitrogens is 1. The van der Waals surface area contributed by atoms with E-state index in [1.807, 2.05) is 0 Å². The fraction of sp³-hybridized carbons (Fsp3) is 0.400. The van der Waals surface area contributed by atoms with Crippen molar-refractivity contribution in [2.24, 2.45) is 0 Å².